The standard InChI is InChI=1S/C14H21NO/c1-4-12(2)15-11-5-6-13-7-9-14(16-3)10-8-13/h5-10,12,15H,4,11H2,1-3H3/b6-5+/t12-/m1/s1. The average Bonchev–Trinajstić information content (AvgIpc) is 2.35. The van der Waals surface area contributed by atoms with Crippen molar-refractivity contribution in [1.29, 1.82) is 0 Å². The number of nitrogens with one attached hydrogen (secondary N) is 1. The summed E-state index contributed by atoms with van der Waals surface area (Å²) in [4.78, 5) is 0. The molecule has 0 unspecified atom stereocenters. The van der Waals surface area contributed by atoms with Gasteiger partial charge in [0.15, 0.2) is 0 Å². The van der Waals surface area contributed by atoms with Crippen molar-refractivity contribution in [3.8, 4) is 5.75 Å². The molecule has 0 saturated carbocycles. The molecule has 0 aliphatic heterocycles. The molecule has 2 heteroatoms. The highest BCUT2D eigenvalue weighted by Crippen LogP contribution is 2.11. The molecule has 0 radical (unpaired) electrons. The van der Waals surface area contributed by atoms with E-state index in [1.165, 1.54) is 5.56 Å². The summed E-state index contributed by atoms with van der Waals surface area (Å²) in [5, 5.41) is 3.41. The molecule has 0 spiro atoms. The van der Waals surface area contributed by atoms with Gasteiger partial charge in [0.25, 0.3) is 0 Å². The smallest absolute Gasteiger partial charge is 0.118 e. The van der Waals surface area contributed by atoms with E-state index >= 15 is 0 Å². The van der Waals surface area contributed by atoms with Gasteiger partial charge in [0.05, 0.1) is 7.11 Å². The van der Waals surface area contributed by atoms with Gasteiger partial charge in [-0.2, -0.15) is 0 Å². The largest absolute Gasteiger partial charge is 0.497 e. The van der Waals surface area contributed by atoms with Crippen LogP contribution in [0.5, 0.6) is 5.75 Å². The predicted molar refractivity (Wildman–Crippen MR) is 69.8 cm³/mol. The van der Waals surface area contributed by atoms with E-state index in [-0.39, 0.29) is 0 Å². The first-order valence-corrected chi connectivity index (χ1v) is 5.80. The first kappa shape index (κ1) is 12.8. The first-order chi connectivity index (χ1) is 7.76. The molecule has 0 amide bonds. The fourth-order valence-electron chi connectivity index (χ4n) is 1.32. The molecule has 0 saturated heterocycles. The summed E-state index contributed by atoms with van der Waals surface area (Å²) in [6.45, 7) is 5.30. The molecule has 0 aromatic heterocycles. The third-order valence-electron chi connectivity index (χ3n) is 2.62. The maximum Gasteiger partial charge on any atom is 0.118 e. The Hall–Kier alpha value is -1.28. The molecule has 0 aliphatic rings. The van der Waals surface area contributed by atoms with E-state index in [1.54, 1.807) is 7.11 Å². The fraction of sp³-hybridized carbons (Fsp3) is 0.429. The third kappa shape index (κ3) is 4.49. The van der Waals surface area contributed by atoms with E-state index in [2.05, 4.69) is 43.4 Å². The molecule has 0 bridgehead atoms. The average molecular weight is 219 g/mol. The van der Waals surface area contributed by atoms with Crippen LogP contribution >= 0.6 is 0 Å². The zero-order valence-corrected chi connectivity index (χ0v) is 10.4. The number of hydrogen-bond acceptors (Lipinski definition) is 2. The van der Waals surface area contributed by atoms with Crippen LogP contribution in [0.2, 0.25) is 0 Å². The molecule has 0 heterocycles. The van der Waals surface area contributed by atoms with Crippen molar-refractivity contribution in [1.82, 2.24) is 5.32 Å². The van der Waals surface area contributed by atoms with Gasteiger partial charge in [0, 0.05) is 12.6 Å². The molecule has 1 aromatic carbocycles. The van der Waals surface area contributed by atoms with Crippen molar-refractivity contribution in [2.24, 2.45) is 0 Å². The van der Waals surface area contributed by atoms with Crippen LogP contribution in [0.3, 0.4) is 0 Å². The van der Waals surface area contributed by atoms with Gasteiger partial charge < -0.3 is 10.1 Å². The number of rotatable bonds is 6. The highest BCUT2D eigenvalue weighted by molar-refractivity contribution is 5.50. The SMILES string of the molecule is CC[C@@H](C)NC/C=C/c1ccc(OC)cc1. The number of hydrogen-bond donors (Lipinski definition) is 1. The van der Waals surface area contributed by atoms with E-state index in [1.807, 2.05) is 12.1 Å². The van der Waals surface area contributed by atoms with Crippen molar-refractivity contribution in [2.45, 2.75) is 26.3 Å². The van der Waals surface area contributed by atoms with Gasteiger partial charge in [-0.25, -0.2) is 0 Å². The van der Waals surface area contributed by atoms with E-state index < -0.39 is 0 Å². The van der Waals surface area contributed by atoms with Gasteiger partial charge >= 0.3 is 0 Å². The minimum Gasteiger partial charge on any atom is -0.497 e. The first-order valence-electron chi connectivity index (χ1n) is 5.80. The van der Waals surface area contributed by atoms with E-state index in [0.717, 1.165) is 18.7 Å². The zero-order valence-electron chi connectivity index (χ0n) is 10.4. The van der Waals surface area contributed by atoms with Crippen molar-refractivity contribution in [2.75, 3.05) is 13.7 Å². The molecule has 1 rings (SSSR count). The van der Waals surface area contributed by atoms with Gasteiger partial charge in [-0.1, -0.05) is 31.2 Å². The normalized spacial score (nSPS) is 12.9. The lowest BCUT2D eigenvalue weighted by Crippen LogP contribution is -2.24. The summed E-state index contributed by atoms with van der Waals surface area (Å²) >= 11 is 0. The van der Waals surface area contributed by atoms with Crippen LogP contribution in [0.15, 0.2) is 30.3 Å². The third-order valence-corrected chi connectivity index (χ3v) is 2.62. The Kier molecular flexibility index (Phi) is 5.65. The minimum absolute atomic E-state index is 0.584. The topological polar surface area (TPSA) is 21.3 Å². The summed E-state index contributed by atoms with van der Waals surface area (Å²) in [6.07, 6.45) is 5.43. The highest BCUT2D eigenvalue weighted by Gasteiger charge is 1.93. The van der Waals surface area contributed by atoms with E-state index in [0.29, 0.717) is 6.04 Å². The predicted octanol–water partition coefficient (Wildman–Crippen LogP) is 3.10. The van der Waals surface area contributed by atoms with Crippen LogP contribution in [-0.2, 0) is 0 Å². The summed E-state index contributed by atoms with van der Waals surface area (Å²) in [5.74, 6) is 0.898. The Bertz CT molecular complexity index is 316. The van der Waals surface area contributed by atoms with Crippen LogP contribution in [0.4, 0.5) is 0 Å². The monoisotopic (exact) mass is 219 g/mol. The van der Waals surface area contributed by atoms with Crippen molar-refractivity contribution >= 4 is 6.08 Å². The van der Waals surface area contributed by atoms with Crippen molar-refractivity contribution in [3.05, 3.63) is 35.9 Å². The second kappa shape index (κ2) is 7.07. The molecule has 1 atom stereocenters. The second-order valence-electron chi connectivity index (χ2n) is 3.89. The zero-order chi connectivity index (χ0) is 11.8. The molecule has 88 valence electrons. The molecule has 16 heavy (non-hydrogen) atoms. The quantitative estimate of drug-likeness (QED) is 0.793. The fourth-order valence-corrected chi connectivity index (χ4v) is 1.32. The molecular weight excluding hydrogens is 198 g/mol. The summed E-state index contributed by atoms with van der Waals surface area (Å²) in [5.41, 5.74) is 1.20. The Balaban J connectivity index is 2.38. The number of ether oxygens (including phenoxy) is 1. The summed E-state index contributed by atoms with van der Waals surface area (Å²) in [6, 6.07) is 8.64. The van der Waals surface area contributed by atoms with Crippen molar-refractivity contribution in [3.63, 3.8) is 0 Å². The second-order valence-corrected chi connectivity index (χ2v) is 3.89. The Morgan fingerprint density at radius 3 is 2.56 bits per heavy atom. The van der Waals surface area contributed by atoms with Gasteiger partial charge in [-0.15, -0.1) is 0 Å². The lowest BCUT2D eigenvalue weighted by Gasteiger charge is -2.07. The minimum atomic E-state index is 0.584. The number of methoxy groups -OCH3 is 1. The van der Waals surface area contributed by atoms with Crippen molar-refractivity contribution < 1.29 is 4.74 Å². The van der Waals surface area contributed by atoms with Crippen LogP contribution in [0.1, 0.15) is 25.8 Å². The van der Waals surface area contributed by atoms with Crippen LogP contribution in [-0.4, -0.2) is 19.7 Å². The summed E-state index contributed by atoms with van der Waals surface area (Å²) in [7, 11) is 1.68. The lowest BCUT2D eigenvalue weighted by atomic mass is 10.2. The molecular formula is C14H21NO. The molecule has 2 nitrogen and oxygen atoms in total. The van der Waals surface area contributed by atoms with E-state index in [9.17, 15) is 0 Å². The molecule has 1 N–H and O–H groups in total. The Labute approximate surface area is 98.3 Å². The number of benzene rings is 1. The molecule has 1 aromatic rings. The maximum absolute atomic E-state index is 5.10. The van der Waals surface area contributed by atoms with Gasteiger partial charge in [-0.3, -0.25) is 0 Å². The van der Waals surface area contributed by atoms with Gasteiger partial charge in [0.2, 0.25) is 0 Å². The van der Waals surface area contributed by atoms with E-state index in [4.69, 9.17) is 4.74 Å². The Morgan fingerprint density at radius 1 is 1.31 bits per heavy atom. The molecule has 0 fully saturated rings. The Morgan fingerprint density at radius 2 is 2.00 bits per heavy atom. The molecule has 0 aliphatic carbocycles. The van der Waals surface area contributed by atoms with Crippen LogP contribution < -0.4 is 10.1 Å². The lowest BCUT2D eigenvalue weighted by molar-refractivity contribution is 0.415. The van der Waals surface area contributed by atoms with Gasteiger partial charge in [-0.05, 0) is 31.0 Å². The maximum atomic E-state index is 5.10. The van der Waals surface area contributed by atoms with Gasteiger partial charge in [0.1, 0.15) is 5.75 Å². The summed E-state index contributed by atoms with van der Waals surface area (Å²) < 4.78 is 5.10. The van der Waals surface area contributed by atoms with Crippen LogP contribution in [0, 0.1) is 0 Å². The van der Waals surface area contributed by atoms with Crippen LogP contribution in [0.25, 0.3) is 6.08 Å². The highest BCUT2D eigenvalue weighted by atomic mass is 16.5.